The van der Waals surface area contributed by atoms with Gasteiger partial charge >= 0.3 is 11.9 Å². The summed E-state index contributed by atoms with van der Waals surface area (Å²) in [4.78, 5) is 26.1. The molecule has 1 saturated carbocycles. The van der Waals surface area contributed by atoms with Gasteiger partial charge in [-0.1, -0.05) is 13.0 Å². The van der Waals surface area contributed by atoms with E-state index in [1.165, 1.54) is 24.3 Å². The Balaban J connectivity index is 1.50. The number of carbonyl (C=O) groups excluding carboxylic acids is 2. The van der Waals surface area contributed by atoms with Crippen LogP contribution in [0.15, 0.2) is 24.3 Å². The lowest BCUT2D eigenvalue weighted by molar-refractivity contribution is -0.355. The van der Waals surface area contributed by atoms with Crippen molar-refractivity contribution in [2.75, 3.05) is 26.4 Å². The third-order valence-corrected chi connectivity index (χ3v) is 9.28. The molecule has 4 rings (SSSR count). The zero-order valence-electron chi connectivity index (χ0n) is 26.4. The maximum absolute atomic E-state index is 13.3. The molecule has 2 saturated heterocycles. The largest absolute Gasteiger partial charge is 0.504 e. The van der Waals surface area contributed by atoms with E-state index in [4.69, 9.17) is 28.8 Å². The molecule has 0 radical (unpaired) electrons. The molecule has 2 aliphatic heterocycles. The van der Waals surface area contributed by atoms with E-state index in [-0.39, 0.29) is 18.8 Å². The normalized spacial score (nSPS) is 35.7. The average molecular weight is 705 g/mol. The van der Waals surface area contributed by atoms with Gasteiger partial charge in [0, 0.05) is 17.9 Å². The molecule has 1 aliphatic carbocycles. The molecule has 0 amide bonds. The Kier molecular flexibility index (Phi) is 13.3. The Morgan fingerprint density at radius 3 is 2.31 bits per heavy atom. The highest BCUT2D eigenvalue weighted by atomic mass is 16.8. The van der Waals surface area contributed by atoms with E-state index in [2.05, 4.69) is 0 Å². The number of hydrogen-bond donors (Lipinski definition) is 11. The van der Waals surface area contributed by atoms with Crippen LogP contribution in [0.5, 0.6) is 11.5 Å². The molecule has 2 heterocycles. The van der Waals surface area contributed by atoms with Gasteiger partial charge in [0.25, 0.3) is 0 Å². The molecule has 18 nitrogen and oxygen atoms in total. The number of phenolic OH excluding ortho intramolecular Hbond substituents is 2. The molecule has 1 unspecified atom stereocenters. The van der Waals surface area contributed by atoms with Crippen molar-refractivity contribution in [1.82, 2.24) is 0 Å². The van der Waals surface area contributed by atoms with Crippen LogP contribution < -0.4 is 0 Å². The molecule has 0 aromatic heterocycles. The van der Waals surface area contributed by atoms with Gasteiger partial charge in [-0.15, -0.1) is 0 Å². The minimum atomic E-state index is -1.98. The van der Waals surface area contributed by atoms with Crippen molar-refractivity contribution in [3.63, 3.8) is 0 Å². The van der Waals surface area contributed by atoms with Crippen molar-refractivity contribution in [2.45, 2.75) is 80.9 Å². The van der Waals surface area contributed by atoms with Gasteiger partial charge in [0.05, 0.1) is 25.7 Å². The van der Waals surface area contributed by atoms with Gasteiger partial charge in [-0.2, -0.15) is 0 Å². The van der Waals surface area contributed by atoms with Crippen LogP contribution in [0.3, 0.4) is 0 Å². The van der Waals surface area contributed by atoms with Gasteiger partial charge in [0.1, 0.15) is 61.5 Å². The maximum atomic E-state index is 13.3. The molecule has 3 aliphatic rings. The topological polar surface area (TPSA) is 303 Å². The van der Waals surface area contributed by atoms with Crippen LogP contribution in [-0.4, -0.2) is 162 Å². The number of phenols is 2. The third kappa shape index (κ3) is 8.85. The monoisotopic (exact) mass is 704 g/mol. The summed E-state index contributed by atoms with van der Waals surface area (Å²) in [5.74, 6) is -5.45. The van der Waals surface area contributed by atoms with Crippen molar-refractivity contribution < 1.29 is 89.4 Å². The fraction of sp³-hybridized carbons (Fsp3) is 0.677. The number of carbonyl (C=O) groups is 2. The van der Waals surface area contributed by atoms with Gasteiger partial charge in [0.15, 0.2) is 24.1 Å². The number of aromatic hydroxyl groups is 2. The molecule has 0 spiro atoms. The quantitative estimate of drug-likeness (QED) is 0.0530. The van der Waals surface area contributed by atoms with E-state index in [0.29, 0.717) is 5.56 Å². The second-order valence-electron chi connectivity index (χ2n) is 12.5. The summed E-state index contributed by atoms with van der Waals surface area (Å²) in [7, 11) is 0. The van der Waals surface area contributed by atoms with Gasteiger partial charge < -0.3 is 79.9 Å². The van der Waals surface area contributed by atoms with Crippen LogP contribution >= 0.6 is 0 Å². The van der Waals surface area contributed by atoms with E-state index in [0.717, 1.165) is 6.08 Å². The van der Waals surface area contributed by atoms with Crippen molar-refractivity contribution in [3.8, 4) is 11.5 Å². The minimum absolute atomic E-state index is 0.0790. The van der Waals surface area contributed by atoms with E-state index in [1.54, 1.807) is 6.92 Å². The number of hydrogen-bond acceptors (Lipinski definition) is 18. The smallest absolute Gasteiger partial charge is 0.331 e. The highest BCUT2D eigenvalue weighted by Gasteiger charge is 2.56. The lowest BCUT2D eigenvalue weighted by atomic mass is 9.79. The summed E-state index contributed by atoms with van der Waals surface area (Å²) in [6, 6.07) is 3.91. The average Bonchev–Trinajstić information content (AvgIpc) is 3.41. The van der Waals surface area contributed by atoms with Gasteiger partial charge in [-0.25, -0.2) is 4.79 Å². The summed E-state index contributed by atoms with van der Waals surface area (Å²) in [6.45, 7) is -1.07. The van der Waals surface area contributed by atoms with Gasteiger partial charge in [-0.05, 0) is 36.1 Å². The summed E-state index contributed by atoms with van der Waals surface area (Å²) in [5.41, 5.74) is 0.385. The molecule has 11 N–H and O–H groups in total. The minimum Gasteiger partial charge on any atom is -0.504 e. The number of rotatable bonds is 13. The van der Waals surface area contributed by atoms with Crippen LogP contribution in [0.1, 0.15) is 18.9 Å². The Morgan fingerprint density at radius 1 is 0.959 bits per heavy atom. The van der Waals surface area contributed by atoms with Crippen LogP contribution in [0.2, 0.25) is 0 Å². The van der Waals surface area contributed by atoms with Crippen molar-refractivity contribution in [1.29, 1.82) is 0 Å². The Bertz CT molecular complexity index is 1290. The van der Waals surface area contributed by atoms with Crippen LogP contribution in [-0.2, 0) is 33.3 Å². The molecular weight excluding hydrogens is 660 g/mol. The summed E-state index contributed by atoms with van der Waals surface area (Å²) < 4.78 is 28.2. The number of fused-ring (bicyclic) bond motifs is 1. The number of aliphatic hydroxyl groups is 9. The first-order valence-corrected chi connectivity index (χ1v) is 15.7. The Hall–Kier alpha value is -2.98. The lowest BCUT2D eigenvalue weighted by Crippen LogP contribution is -2.60. The SMILES string of the molecule is C[C@H]1[C@@H]2[C@@H](O[C@@H]3O[C@H](CO)[C@@H](O)[C@H](O)[C@H]3O)OCC(C(=O)OC[C@@H](O)[C@@H](O)[C@H](O)[C@H](O)CO)[C@@H]2C[C@@H]1OC(=O)/C=C/c1ccc(O)c(O)c1. The third-order valence-electron chi connectivity index (χ3n) is 9.28. The summed E-state index contributed by atoms with van der Waals surface area (Å²) >= 11 is 0. The first-order valence-electron chi connectivity index (χ1n) is 15.7. The van der Waals surface area contributed by atoms with E-state index in [1.807, 2.05) is 0 Å². The Labute approximate surface area is 279 Å². The van der Waals surface area contributed by atoms with Crippen LogP contribution in [0.25, 0.3) is 6.08 Å². The standard InChI is InChI=1S/C31H44O18/c1-12-20(47-22(38)5-3-13-2-4-16(34)17(35)6-13)7-14-15(29(44)45-11-19(37)25(40)24(39)18(36)8-32)10-46-30(23(12)14)49-31-28(43)27(42)26(41)21(9-33)48-31/h2-6,12,14-15,18-21,23-28,30-37,39-43H,7-11H2,1H3/b5-3+/t12-,14+,15?,18-,19-,20+,21-,23+,24-,25-,26-,27+,28-,30-,31+/m1/s1. The predicted octanol–water partition coefficient (Wildman–Crippen LogP) is -3.94. The van der Waals surface area contributed by atoms with Crippen molar-refractivity contribution in [3.05, 3.63) is 29.8 Å². The molecule has 3 fully saturated rings. The van der Waals surface area contributed by atoms with Crippen molar-refractivity contribution >= 4 is 18.0 Å². The lowest BCUT2D eigenvalue weighted by Gasteiger charge is -2.44. The molecule has 18 heteroatoms. The number of benzene rings is 1. The molecule has 276 valence electrons. The highest BCUT2D eigenvalue weighted by molar-refractivity contribution is 5.87. The number of ether oxygens (including phenoxy) is 5. The Morgan fingerprint density at radius 2 is 1.65 bits per heavy atom. The number of esters is 2. The molecule has 1 aromatic carbocycles. The summed E-state index contributed by atoms with van der Waals surface area (Å²) in [5, 5.41) is 108. The first-order chi connectivity index (χ1) is 23.2. The van der Waals surface area contributed by atoms with Gasteiger partial charge in [0.2, 0.25) is 0 Å². The second-order valence-corrected chi connectivity index (χ2v) is 12.5. The fourth-order valence-corrected chi connectivity index (χ4v) is 6.37. The van der Waals surface area contributed by atoms with Gasteiger partial charge in [-0.3, -0.25) is 4.79 Å². The molecule has 49 heavy (non-hydrogen) atoms. The van der Waals surface area contributed by atoms with E-state index in [9.17, 15) is 60.7 Å². The van der Waals surface area contributed by atoms with Crippen LogP contribution in [0.4, 0.5) is 0 Å². The second kappa shape index (κ2) is 16.8. The molecular formula is C31H44O18. The summed E-state index contributed by atoms with van der Waals surface area (Å²) in [6.07, 6.45) is -15.1. The predicted molar refractivity (Wildman–Crippen MR) is 160 cm³/mol. The molecule has 0 bridgehead atoms. The fourth-order valence-electron chi connectivity index (χ4n) is 6.37. The molecule has 15 atom stereocenters. The van der Waals surface area contributed by atoms with E-state index < -0.39 is 129 Å². The van der Waals surface area contributed by atoms with Crippen molar-refractivity contribution in [2.24, 2.45) is 23.7 Å². The zero-order chi connectivity index (χ0) is 36.2. The zero-order valence-corrected chi connectivity index (χ0v) is 26.4. The van der Waals surface area contributed by atoms with E-state index >= 15 is 0 Å². The number of aliphatic hydroxyl groups excluding tert-OH is 9. The first kappa shape index (κ1) is 38.8. The maximum Gasteiger partial charge on any atom is 0.331 e. The highest BCUT2D eigenvalue weighted by Crippen LogP contribution is 2.49. The molecule has 1 aromatic rings. The van der Waals surface area contributed by atoms with Crippen LogP contribution in [0, 0.1) is 23.7 Å².